The predicted octanol–water partition coefficient (Wildman–Crippen LogP) is 6.37. The summed E-state index contributed by atoms with van der Waals surface area (Å²) in [4.78, 5) is 0. The van der Waals surface area contributed by atoms with Gasteiger partial charge in [-0.1, -0.05) is 72.8 Å². The van der Waals surface area contributed by atoms with Gasteiger partial charge in [0.25, 0.3) is 0 Å². The summed E-state index contributed by atoms with van der Waals surface area (Å²) in [5, 5.41) is 6.72. The zero-order valence-electron chi connectivity index (χ0n) is 15.5. The summed E-state index contributed by atoms with van der Waals surface area (Å²) in [6.45, 7) is 0. The lowest BCUT2D eigenvalue weighted by Crippen LogP contribution is -2.43. The van der Waals surface area contributed by atoms with Crippen LogP contribution in [0, 0.1) is 11.6 Å². The summed E-state index contributed by atoms with van der Waals surface area (Å²) in [6, 6.07) is 28.9. The van der Waals surface area contributed by atoms with Gasteiger partial charge < -0.3 is 10.6 Å². The fourth-order valence-electron chi connectivity index (χ4n) is 4.06. The molecular weight excluding hydrogens is 366 g/mol. The van der Waals surface area contributed by atoms with Crippen LogP contribution in [0.2, 0.25) is 0 Å². The molecule has 2 nitrogen and oxygen atoms in total. The van der Waals surface area contributed by atoms with E-state index in [2.05, 4.69) is 10.6 Å². The number of hydrogen-bond acceptors (Lipinski definition) is 2. The van der Waals surface area contributed by atoms with Gasteiger partial charge in [0, 0.05) is 11.1 Å². The van der Waals surface area contributed by atoms with Crippen LogP contribution in [0.3, 0.4) is 0 Å². The molecule has 29 heavy (non-hydrogen) atoms. The Morgan fingerprint density at radius 2 is 0.862 bits per heavy atom. The summed E-state index contributed by atoms with van der Waals surface area (Å²) in [6.07, 6.45) is 0. The fraction of sp³-hybridized carbons (Fsp3) is 0.0400. The van der Waals surface area contributed by atoms with Crippen molar-refractivity contribution in [3.63, 3.8) is 0 Å². The van der Waals surface area contributed by atoms with Crippen molar-refractivity contribution in [2.24, 2.45) is 0 Å². The maximum absolute atomic E-state index is 14.6. The predicted molar refractivity (Wildman–Crippen MR) is 113 cm³/mol. The minimum Gasteiger partial charge on any atom is -0.353 e. The van der Waals surface area contributed by atoms with Crippen LogP contribution >= 0.6 is 0 Å². The fourth-order valence-corrected chi connectivity index (χ4v) is 4.06. The van der Waals surface area contributed by atoms with Gasteiger partial charge in [0.15, 0.2) is 5.66 Å². The third kappa shape index (κ3) is 2.76. The molecule has 0 fully saturated rings. The summed E-state index contributed by atoms with van der Waals surface area (Å²) in [7, 11) is 0. The third-order valence-corrected chi connectivity index (χ3v) is 5.34. The van der Waals surface area contributed by atoms with Gasteiger partial charge in [-0.05, 0) is 35.4 Å². The lowest BCUT2D eigenvalue weighted by Gasteiger charge is -2.36. The zero-order chi connectivity index (χ0) is 19.8. The van der Waals surface area contributed by atoms with Crippen LogP contribution in [-0.2, 0) is 5.66 Å². The van der Waals surface area contributed by atoms with Crippen LogP contribution in [0.5, 0.6) is 0 Å². The number of halogens is 2. The van der Waals surface area contributed by atoms with Crippen LogP contribution in [0.15, 0.2) is 97.1 Å². The van der Waals surface area contributed by atoms with E-state index in [0.29, 0.717) is 11.4 Å². The molecule has 2 N–H and O–H groups in total. The van der Waals surface area contributed by atoms with Gasteiger partial charge in [-0.2, -0.15) is 0 Å². The summed E-state index contributed by atoms with van der Waals surface area (Å²) < 4.78 is 29.2. The molecule has 0 saturated carbocycles. The maximum atomic E-state index is 14.6. The molecule has 0 saturated heterocycles. The first-order valence-electron chi connectivity index (χ1n) is 9.44. The summed E-state index contributed by atoms with van der Waals surface area (Å²) in [5.74, 6) is -0.742. The van der Waals surface area contributed by atoms with Crippen molar-refractivity contribution in [1.82, 2.24) is 0 Å². The molecule has 5 rings (SSSR count). The third-order valence-electron chi connectivity index (χ3n) is 5.34. The molecule has 0 spiro atoms. The van der Waals surface area contributed by atoms with Crippen molar-refractivity contribution in [1.29, 1.82) is 0 Å². The normalized spacial score (nSPS) is 13.4. The quantitative estimate of drug-likeness (QED) is 0.400. The second-order valence-corrected chi connectivity index (χ2v) is 7.05. The molecule has 0 radical (unpaired) electrons. The first-order valence-corrected chi connectivity index (χ1v) is 9.44. The highest BCUT2D eigenvalue weighted by Crippen LogP contribution is 2.49. The molecule has 0 unspecified atom stereocenters. The largest absolute Gasteiger partial charge is 0.353 e. The van der Waals surface area contributed by atoms with Crippen molar-refractivity contribution in [3.8, 4) is 11.1 Å². The SMILES string of the molecule is Fc1ccccc1NC1(Nc2ccccc2F)c2ccccc2-c2ccccc21. The first kappa shape index (κ1) is 17.4. The second kappa shape index (κ2) is 6.74. The molecule has 4 aromatic carbocycles. The Morgan fingerprint density at radius 3 is 1.31 bits per heavy atom. The molecule has 0 aliphatic heterocycles. The van der Waals surface area contributed by atoms with Crippen molar-refractivity contribution in [3.05, 3.63) is 120 Å². The van der Waals surface area contributed by atoms with E-state index in [0.717, 1.165) is 22.3 Å². The Hall–Kier alpha value is -3.66. The van der Waals surface area contributed by atoms with Crippen LogP contribution in [0.1, 0.15) is 11.1 Å². The molecular formula is C25H18F2N2. The molecule has 0 bridgehead atoms. The van der Waals surface area contributed by atoms with Crippen LogP contribution < -0.4 is 10.6 Å². The van der Waals surface area contributed by atoms with Crippen LogP contribution in [0.25, 0.3) is 11.1 Å². The van der Waals surface area contributed by atoms with Crippen molar-refractivity contribution < 1.29 is 8.78 Å². The maximum Gasteiger partial charge on any atom is 0.162 e. The average Bonchev–Trinajstić information content (AvgIpc) is 3.02. The Bertz CT molecular complexity index is 1110. The first-order chi connectivity index (χ1) is 14.2. The molecule has 142 valence electrons. The number of fused-ring (bicyclic) bond motifs is 3. The van der Waals surface area contributed by atoms with Gasteiger partial charge in [-0.25, -0.2) is 8.78 Å². The van der Waals surface area contributed by atoms with Gasteiger partial charge >= 0.3 is 0 Å². The van der Waals surface area contributed by atoms with E-state index in [1.54, 1.807) is 36.4 Å². The van der Waals surface area contributed by atoms with Gasteiger partial charge in [0.05, 0.1) is 11.4 Å². The smallest absolute Gasteiger partial charge is 0.162 e. The van der Waals surface area contributed by atoms with E-state index < -0.39 is 5.66 Å². The Labute approximate surface area is 167 Å². The Balaban J connectivity index is 1.77. The molecule has 0 heterocycles. The van der Waals surface area contributed by atoms with Crippen molar-refractivity contribution in [2.75, 3.05) is 10.6 Å². The summed E-state index contributed by atoms with van der Waals surface area (Å²) in [5.41, 5.74) is 3.51. The monoisotopic (exact) mass is 384 g/mol. The van der Waals surface area contributed by atoms with Crippen molar-refractivity contribution >= 4 is 11.4 Å². The van der Waals surface area contributed by atoms with E-state index in [4.69, 9.17) is 0 Å². The minimum absolute atomic E-state index is 0.336. The minimum atomic E-state index is -1.03. The lowest BCUT2D eigenvalue weighted by atomic mass is 9.95. The molecule has 4 aromatic rings. The highest BCUT2D eigenvalue weighted by atomic mass is 19.1. The van der Waals surface area contributed by atoms with E-state index in [-0.39, 0.29) is 11.6 Å². The van der Waals surface area contributed by atoms with Gasteiger partial charge in [0.1, 0.15) is 11.6 Å². The van der Waals surface area contributed by atoms with Crippen LogP contribution in [-0.4, -0.2) is 0 Å². The van der Waals surface area contributed by atoms with Gasteiger partial charge in [-0.15, -0.1) is 0 Å². The molecule has 4 heteroatoms. The average molecular weight is 384 g/mol. The molecule has 0 atom stereocenters. The van der Waals surface area contributed by atoms with E-state index in [1.165, 1.54) is 12.1 Å². The number of hydrogen-bond donors (Lipinski definition) is 2. The number of para-hydroxylation sites is 2. The number of rotatable bonds is 4. The lowest BCUT2D eigenvalue weighted by molar-refractivity contribution is 0.605. The molecule has 0 aromatic heterocycles. The second-order valence-electron chi connectivity index (χ2n) is 7.05. The molecule has 1 aliphatic rings. The highest BCUT2D eigenvalue weighted by molar-refractivity contribution is 5.84. The summed E-state index contributed by atoms with van der Waals surface area (Å²) >= 11 is 0. The number of benzene rings is 4. The standard InChI is InChI=1S/C25H18F2N2/c26-21-13-5-7-15-23(21)28-25(29-24-16-8-6-14-22(24)27)19-11-3-1-9-17(19)18-10-2-4-12-20(18)25/h1-16,28-29H. The van der Waals surface area contributed by atoms with Crippen molar-refractivity contribution in [2.45, 2.75) is 5.66 Å². The Morgan fingerprint density at radius 1 is 0.483 bits per heavy atom. The van der Waals surface area contributed by atoms with Crippen LogP contribution in [0.4, 0.5) is 20.2 Å². The molecule has 0 amide bonds. The highest BCUT2D eigenvalue weighted by Gasteiger charge is 2.44. The number of anilines is 2. The zero-order valence-corrected chi connectivity index (χ0v) is 15.5. The Kier molecular flexibility index (Phi) is 4.06. The van der Waals surface area contributed by atoms with Gasteiger partial charge in [-0.3, -0.25) is 0 Å². The molecule has 1 aliphatic carbocycles. The number of nitrogens with one attached hydrogen (secondary N) is 2. The topological polar surface area (TPSA) is 24.1 Å². The van der Waals surface area contributed by atoms with E-state index in [9.17, 15) is 8.78 Å². The van der Waals surface area contributed by atoms with E-state index >= 15 is 0 Å². The van der Waals surface area contributed by atoms with Gasteiger partial charge in [0.2, 0.25) is 0 Å². The van der Waals surface area contributed by atoms with E-state index in [1.807, 2.05) is 48.5 Å².